The number of carbonyl (C=O) groups is 1. The molecule has 5 N–H and O–H groups in total. The van der Waals surface area contributed by atoms with Crippen molar-refractivity contribution < 1.29 is 9.22 Å². The van der Waals surface area contributed by atoms with Crippen LogP contribution < -0.4 is 16.8 Å². The Morgan fingerprint density at radius 3 is 1.57 bits per heavy atom. The summed E-state index contributed by atoms with van der Waals surface area (Å²) >= 11 is 9.53. The Hall–Kier alpha value is -0.683. The topological polar surface area (TPSA) is 114 Å². The Kier molecular flexibility index (Phi) is 26.2. The van der Waals surface area contributed by atoms with Crippen LogP contribution in [0.1, 0.15) is 27.7 Å². The second kappa shape index (κ2) is 19.3. The van der Waals surface area contributed by atoms with Gasteiger partial charge in [0.05, 0.1) is 5.34 Å². The van der Waals surface area contributed by atoms with Gasteiger partial charge in [-0.25, -0.2) is 4.79 Å². The molecule has 0 rings (SSSR count). The zero-order chi connectivity index (χ0) is 18.1. The Labute approximate surface area is 140 Å². The smallest absolute Gasteiger partial charge is 0.312 e. The van der Waals surface area contributed by atoms with Crippen LogP contribution >= 0.6 is 23.2 Å². The summed E-state index contributed by atoms with van der Waals surface area (Å²) in [4.78, 5) is 9.92. The fourth-order valence-electron chi connectivity index (χ4n) is 0.421. The van der Waals surface area contributed by atoms with E-state index in [2.05, 4.69) is 9.74 Å². The highest BCUT2D eigenvalue weighted by atomic mass is 35.5. The first kappa shape index (κ1) is 28.5. The monoisotopic (exact) mass is 360 g/mol. The number of urea groups is 1. The van der Waals surface area contributed by atoms with Crippen LogP contribution in [-0.4, -0.2) is 31.8 Å². The maximum Gasteiger partial charge on any atom is 0.312 e. The highest BCUT2D eigenvalue weighted by Gasteiger charge is 2.14. The van der Waals surface area contributed by atoms with Crippen LogP contribution in [0.2, 0.25) is 19.6 Å². The highest BCUT2D eigenvalue weighted by Crippen LogP contribution is 1.99. The number of primary amides is 1. The van der Waals surface area contributed by atoms with E-state index >= 15 is 0 Å². The predicted octanol–water partition coefficient (Wildman–Crippen LogP) is 3.16. The molecule has 0 fully saturated rings. The lowest BCUT2D eigenvalue weighted by Gasteiger charge is -2.08. The molecule has 21 heavy (non-hydrogen) atoms. The number of rotatable bonds is 2. The van der Waals surface area contributed by atoms with Crippen LogP contribution in [-0.2, 0) is 4.43 Å². The average Bonchev–Trinajstić information content (AvgIpc) is 2.13. The Morgan fingerprint density at radius 1 is 1.29 bits per heavy atom. The molecule has 0 aromatic rings. The molecule has 0 aromatic heterocycles. The van der Waals surface area contributed by atoms with Crippen molar-refractivity contribution in [3.05, 3.63) is 0 Å². The summed E-state index contributed by atoms with van der Waals surface area (Å²) in [5.41, 5.74) is 9.85. The van der Waals surface area contributed by atoms with Gasteiger partial charge in [-0.15, -0.1) is 23.2 Å². The third-order valence-electron chi connectivity index (χ3n) is 0.783. The molecule has 0 heterocycles. The highest BCUT2D eigenvalue weighted by molar-refractivity contribution is 6.70. The fraction of sp³-hybridized carbons (Fsp3) is 0.833. The molecule has 9 heteroatoms. The maximum atomic E-state index is 9.92. The van der Waals surface area contributed by atoms with Gasteiger partial charge in [-0.05, 0) is 39.5 Å². The first-order valence-electron chi connectivity index (χ1n) is 6.34. The number of hydrogen-bond acceptors (Lipinski definition) is 4. The third kappa shape index (κ3) is 108. The van der Waals surface area contributed by atoms with Crippen molar-refractivity contribution in [3.8, 4) is 6.26 Å². The van der Waals surface area contributed by atoms with Gasteiger partial charge in [-0.3, -0.25) is 0 Å². The Bertz CT molecular complexity index is 264. The van der Waals surface area contributed by atoms with Gasteiger partial charge in [0.1, 0.15) is 0 Å². The summed E-state index contributed by atoms with van der Waals surface area (Å²) in [7, 11) is -1.52. The number of nitrogens with zero attached hydrogens (tertiary/aromatic N) is 1. The Morgan fingerprint density at radius 2 is 1.57 bits per heavy atom. The van der Waals surface area contributed by atoms with Crippen LogP contribution in [0.15, 0.2) is 0 Å². The molecular weight excluding hydrogens is 331 g/mol. The summed E-state index contributed by atoms with van der Waals surface area (Å²) in [5, 5.41) is 10.6. The van der Waals surface area contributed by atoms with E-state index in [0.29, 0.717) is 6.04 Å². The minimum Gasteiger partial charge on any atom is -0.483 e. The van der Waals surface area contributed by atoms with Crippen LogP contribution in [0.3, 0.4) is 0 Å². The lowest BCUT2D eigenvalue weighted by Crippen LogP contribution is -2.34. The summed E-state index contributed by atoms with van der Waals surface area (Å²) < 4.78 is 4.67. The summed E-state index contributed by atoms with van der Waals surface area (Å²) in [5.74, 6) is 0. The molecule has 128 valence electrons. The van der Waals surface area contributed by atoms with Crippen molar-refractivity contribution in [3.63, 3.8) is 0 Å². The van der Waals surface area contributed by atoms with E-state index in [4.69, 9.17) is 39.9 Å². The van der Waals surface area contributed by atoms with E-state index in [-0.39, 0.29) is 11.4 Å². The van der Waals surface area contributed by atoms with Gasteiger partial charge in [0.25, 0.3) is 14.6 Å². The molecule has 0 aliphatic heterocycles. The normalized spacial score (nSPS) is 8.90. The van der Waals surface area contributed by atoms with Crippen LogP contribution in [0.25, 0.3) is 0 Å². The number of hydrogen-bond donors (Lipinski definition) is 3. The minimum atomic E-state index is -1.52. The number of nitriles is 1. The summed E-state index contributed by atoms with van der Waals surface area (Å²) in [6.07, 6.45) is 1.67. The molecule has 0 radical (unpaired) electrons. The fourth-order valence-corrected chi connectivity index (χ4v) is 0.695. The number of carbonyl (C=O) groups excluding carboxylic acids is 1. The van der Waals surface area contributed by atoms with E-state index in [1.54, 1.807) is 6.26 Å². The van der Waals surface area contributed by atoms with Crippen molar-refractivity contribution >= 4 is 37.6 Å². The van der Waals surface area contributed by atoms with E-state index in [1.807, 2.05) is 47.3 Å². The Balaban J connectivity index is -0.0000000973. The van der Waals surface area contributed by atoms with Gasteiger partial charge in [0.15, 0.2) is 0 Å². The molecule has 0 unspecified atom stereocenters. The number of alkyl halides is 2. The van der Waals surface area contributed by atoms with Crippen molar-refractivity contribution in [1.82, 2.24) is 5.32 Å². The van der Waals surface area contributed by atoms with E-state index in [0.717, 1.165) is 0 Å². The maximum absolute atomic E-state index is 9.92. The zero-order valence-corrected chi connectivity index (χ0v) is 16.5. The molecule has 2 amide bonds. The van der Waals surface area contributed by atoms with Gasteiger partial charge in [0.2, 0.25) is 0 Å². The van der Waals surface area contributed by atoms with Gasteiger partial charge in [0, 0.05) is 6.04 Å². The second-order valence-corrected chi connectivity index (χ2v) is 10.6. The van der Waals surface area contributed by atoms with E-state index in [9.17, 15) is 4.79 Å². The van der Waals surface area contributed by atoms with Gasteiger partial charge in [-0.1, -0.05) is 13.8 Å². The molecule has 0 spiro atoms. The second-order valence-electron chi connectivity index (χ2n) is 5.31. The van der Waals surface area contributed by atoms with E-state index in [1.165, 1.54) is 0 Å². The van der Waals surface area contributed by atoms with Crippen molar-refractivity contribution in [1.29, 1.82) is 5.26 Å². The minimum absolute atomic E-state index is 0.150. The van der Waals surface area contributed by atoms with Gasteiger partial charge >= 0.3 is 6.03 Å². The lowest BCUT2D eigenvalue weighted by atomic mass is 10.4. The van der Waals surface area contributed by atoms with Crippen molar-refractivity contribution in [2.24, 2.45) is 11.5 Å². The first-order valence-corrected chi connectivity index (χ1v) is 10.8. The molecule has 0 bridgehead atoms. The summed E-state index contributed by atoms with van der Waals surface area (Å²) in [6.45, 7) is 13.5. The number of halogens is 2. The quantitative estimate of drug-likeness (QED) is 0.398. The largest absolute Gasteiger partial charge is 0.483 e. The number of nitrogens with one attached hydrogen (secondary N) is 1. The van der Waals surface area contributed by atoms with Crippen LogP contribution in [0.5, 0.6) is 0 Å². The van der Waals surface area contributed by atoms with E-state index < -0.39 is 14.3 Å². The molecule has 0 aromatic carbocycles. The number of amides is 2. The lowest BCUT2D eigenvalue weighted by molar-refractivity contribution is 0.247. The third-order valence-corrected chi connectivity index (χ3v) is 1.49. The molecule has 0 aliphatic carbocycles. The van der Waals surface area contributed by atoms with Gasteiger partial charge < -0.3 is 21.2 Å². The van der Waals surface area contributed by atoms with Gasteiger partial charge in [-0.2, -0.15) is 5.26 Å². The predicted molar refractivity (Wildman–Crippen MR) is 93.8 cm³/mol. The molecule has 0 saturated carbocycles. The number of nitrogens with two attached hydrogens (primary N) is 2. The van der Waals surface area contributed by atoms with Crippen LogP contribution in [0, 0.1) is 11.5 Å². The zero-order valence-electron chi connectivity index (χ0n) is 14.0. The summed E-state index contributed by atoms with van der Waals surface area (Å²) in [6, 6.07) is 0.0208. The van der Waals surface area contributed by atoms with Crippen LogP contribution in [0.4, 0.5) is 4.79 Å². The molecule has 0 aliphatic rings. The molecule has 6 nitrogen and oxygen atoms in total. The van der Waals surface area contributed by atoms with Crippen molar-refractivity contribution in [2.75, 3.05) is 5.34 Å². The molecule has 0 saturated heterocycles. The molecular formula is C12H30Cl2N4O2Si. The standard InChI is InChI=1S/C4H10N2O.C4H9NOSi.C3H9N.CH2Cl2/c1-3(2)6-4(5)7;1-7(2,3)6-4-5;1-3(2)4;2-1-3/h3H,1-2H3,(H3,5,6,7);1-3H3;3H,4H2,1-2H3;1H2. The first-order chi connectivity index (χ1) is 9.33. The average molecular weight is 361 g/mol. The SMILES string of the molecule is CC(C)N.CC(C)NC(N)=O.C[Si](C)(C)OC#N.ClCCl. The molecule has 0 atom stereocenters. The van der Waals surface area contributed by atoms with Crippen molar-refractivity contribution in [2.45, 2.75) is 59.4 Å².